The van der Waals surface area contributed by atoms with Crippen molar-refractivity contribution in [2.75, 3.05) is 7.11 Å². The number of methoxy groups -OCH3 is 1. The lowest BCUT2D eigenvalue weighted by Crippen LogP contribution is -1.94. The molecule has 0 amide bonds. The van der Waals surface area contributed by atoms with Crippen molar-refractivity contribution in [1.29, 1.82) is 0 Å². The Hall–Kier alpha value is -2.62. The smallest absolute Gasteiger partial charge is 0.131 e. The molecule has 2 aromatic carbocycles. The molecule has 0 radical (unpaired) electrons. The molecule has 1 aromatic heterocycles. The molecule has 0 fully saturated rings. The monoisotopic (exact) mass is 268 g/mol. The second-order valence-corrected chi connectivity index (χ2v) is 4.35. The van der Waals surface area contributed by atoms with Crippen LogP contribution in [0.4, 0.5) is 4.39 Å². The number of hydrogen-bond acceptors (Lipinski definition) is 2. The summed E-state index contributed by atoms with van der Waals surface area (Å²) in [7, 11) is 1.62. The van der Waals surface area contributed by atoms with Crippen LogP contribution in [0.25, 0.3) is 16.8 Å². The first-order valence-corrected chi connectivity index (χ1v) is 6.22. The number of halogens is 1. The molecular weight excluding hydrogens is 255 g/mol. The van der Waals surface area contributed by atoms with Gasteiger partial charge in [0.25, 0.3) is 0 Å². The van der Waals surface area contributed by atoms with Gasteiger partial charge in [0.05, 0.1) is 19.0 Å². The summed E-state index contributed by atoms with van der Waals surface area (Å²) in [5.74, 6) is 0.503. The number of aromatic nitrogens is 2. The van der Waals surface area contributed by atoms with E-state index < -0.39 is 0 Å². The summed E-state index contributed by atoms with van der Waals surface area (Å²) in [6.45, 7) is 0. The number of nitrogens with zero attached hydrogens (tertiary/aromatic N) is 2. The van der Waals surface area contributed by atoms with Gasteiger partial charge in [0.2, 0.25) is 0 Å². The molecule has 0 aliphatic carbocycles. The minimum atomic E-state index is -0.252. The lowest BCUT2D eigenvalue weighted by Gasteiger charge is -2.04. The maximum atomic E-state index is 13.7. The molecule has 3 aromatic rings. The highest BCUT2D eigenvalue weighted by molar-refractivity contribution is 5.63. The summed E-state index contributed by atoms with van der Waals surface area (Å²) in [6, 6.07) is 14.2. The maximum absolute atomic E-state index is 13.7. The maximum Gasteiger partial charge on any atom is 0.131 e. The zero-order chi connectivity index (χ0) is 13.9. The average Bonchev–Trinajstić information content (AvgIpc) is 2.97. The largest absolute Gasteiger partial charge is 0.497 e. The molecule has 100 valence electrons. The predicted molar refractivity (Wildman–Crippen MR) is 75.5 cm³/mol. The Morgan fingerprint density at radius 3 is 2.75 bits per heavy atom. The number of rotatable bonds is 3. The van der Waals surface area contributed by atoms with Crippen LogP contribution >= 0.6 is 0 Å². The molecule has 0 bridgehead atoms. The van der Waals surface area contributed by atoms with E-state index in [2.05, 4.69) is 5.10 Å². The van der Waals surface area contributed by atoms with Crippen molar-refractivity contribution >= 4 is 0 Å². The van der Waals surface area contributed by atoms with Gasteiger partial charge in [-0.2, -0.15) is 5.10 Å². The standard InChI is InChI=1S/C16H13FN2O/c1-20-14-6-4-5-13(9-14)19-11-12(10-18-19)15-7-2-3-8-16(15)17/h2-11H,1H3. The zero-order valence-electron chi connectivity index (χ0n) is 11.0. The molecule has 0 N–H and O–H groups in total. The van der Waals surface area contributed by atoms with Crippen LogP contribution in [0.2, 0.25) is 0 Å². The number of benzene rings is 2. The summed E-state index contributed by atoms with van der Waals surface area (Å²) in [6.07, 6.45) is 3.45. The Labute approximate surface area is 116 Å². The minimum Gasteiger partial charge on any atom is -0.497 e. The molecule has 0 saturated carbocycles. The van der Waals surface area contributed by atoms with Crippen molar-refractivity contribution in [3.63, 3.8) is 0 Å². The van der Waals surface area contributed by atoms with Crippen molar-refractivity contribution in [3.8, 4) is 22.6 Å². The van der Waals surface area contributed by atoms with Crippen molar-refractivity contribution in [2.24, 2.45) is 0 Å². The van der Waals surface area contributed by atoms with Gasteiger partial charge >= 0.3 is 0 Å². The first kappa shape index (κ1) is 12.4. The van der Waals surface area contributed by atoms with Crippen LogP contribution < -0.4 is 4.74 Å². The molecule has 0 unspecified atom stereocenters. The molecular formula is C16H13FN2O. The Balaban J connectivity index is 2.00. The molecule has 4 heteroatoms. The third-order valence-electron chi connectivity index (χ3n) is 3.09. The third-order valence-corrected chi connectivity index (χ3v) is 3.09. The lowest BCUT2D eigenvalue weighted by atomic mass is 10.1. The topological polar surface area (TPSA) is 27.1 Å². The first-order chi connectivity index (χ1) is 9.78. The van der Waals surface area contributed by atoms with Crippen LogP contribution in [0.15, 0.2) is 60.9 Å². The number of hydrogen-bond donors (Lipinski definition) is 0. The van der Waals surface area contributed by atoms with Gasteiger partial charge in [-0.25, -0.2) is 9.07 Å². The Bertz CT molecular complexity index is 737. The van der Waals surface area contributed by atoms with Gasteiger partial charge in [-0.15, -0.1) is 0 Å². The molecule has 0 aliphatic rings. The van der Waals surface area contributed by atoms with Crippen molar-refractivity contribution in [2.45, 2.75) is 0 Å². The van der Waals surface area contributed by atoms with Crippen LogP contribution in [0.5, 0.6) is 5.75 Å². The van der Waals surface area contributed by atoms with E-state index in [0.29, 0.717) is 5.56 Å². The van der Waals surface area contributed by atoms with E-state index in [1.165, 1.54) is 6.07 Å². The van der Waals surface area contributed by atoms with E-state index in [1.54, 1.807) is 42.4 Å². The zero-order valence-corrected chi connectivity index (χ0v) is 11.0. The summed E-state index contributed by atoms with van der Waals surface area (Å²) >= 11 is 0. The van der Waals surface area contributed by atoms with Gasteiger partial charge in [-0.05, 0) is 18.2 Å². The van der Waals surface area contributed by atoms with E-state index in [1.807, 2.05) is 24.3 Å². The first-order valence-electron chi connectivity index (χ1n) is 6.22. The van der Waals surface area contributed by atoms with Gasteiger partial charge in [-0.3, -0.25) is 0 Å². The number of ether oxygens (including phenoxy) is 1. The van der Waals surface area contributed by atoms with E-state index >= 15 is 0 Å². The van der Waals surface area contributed by atoms with Crippen molar-refractivity contribution in [3.05, 3.63) is 66.7 Å². The van der Waals surface area contributed by atoms with Gasteiger partial charge < -0.3 is 4.74 Å². The molecule has 0 atom stereocenters. The fraction of sp³-hybridized carbons (Fsp3) is 0.0625. The molecule has 0 spiro atoms. The van der Waals surface area contributed by atoms with Crippen LogP contribution in [0.3, 0.4) is 0 Å². The van der Waals surface area contributed by atoms with Crippen molar-refractivity contribution in [1.82, 2.24) is 9.78 Å². The minimum absolute atomic E-state index is 0.252. The second-order valence-electron chi connectivity index (χ2n) is 4.35. The van der Waals surface area contributed by atoms with E-state index in [9.17, 15) is 4.39 Å². The Morgan fingerprint density at radius 2 is 1.95 bits per heavy atom. The second kappa shape index (κ2) is 5.17. The van der Waals surface area contributed by atoms with E-state index in [4.69, 9.17) is 4.74 Å². The SMILES string of the molecule is COc1cccc(-n2cc(-c3ccccc3F)cn2)c1. The molecule has 3 rings (SSSR count). The van der Waals surface area contributed by atoms with Crippen LogP contribution in [-0.2, 0) is 0 Å². The fourth-order valence-electron chi connectivity index (χ4n) is 2.05. The average molecular weight is 268 g/mol. The summed E-state index contributed by atoms with van der Waals surface area (Å²) < 4.78 is 20.6. The van der Waals surface area contributed by atoms with Crippen LogP contribution in [0, 0.1) is 5.82 Å². The quantitative estimate of drug-likeness (QED) is 0.724. The highest BCUT2D eigenvalue weighted by atomic mass is 19.1. The third kappa shape index (κ3) is 2.28. The van der Waals surface area contributed by atoms with Crippen molar-refractivity contribution < 1.29 is 9.13 Å². The molecule has 0 saturated heterocycles. The summed E-state index contributed by atoms with van der Waals surface area (Å²) in [5.41, 5.74) is 2.15. The molecule has 3 nitrogen and oxygen atoms in total. The van der Waals surface area contributed by atoms with Gasteiger partial charge in [-0.1, -0.05) is 24.3 Å². The van der Waals surface area contributed by atoms with Crippen LogP contribution in [-0.4, -0.2) is 16.9 Å². The molecule has 1 heterocycles. The van der Waals surface area contributed by atoms with Gasteiger partial charge in [0.15, 0.2) is 0 Å². The normalized spacial score (nSPS) is 10.5. The Kier molecular flexibility index (Phi) is 3.21. The van der Waals surface area contributed by atoms with Gasteiger partial charge in [0, 0.05) is 23.4 Å². The predicted octanol–water partition coefficient (Wildman–Crippen LogP) is 3.69. The molecule has 20 heavy (non-hydrogen) atoms. The highest BCUT2D eigenvalue weighted by Gasteiger charge is 2.07. The Morgan fingerprint density at radius 1 is 1.10 bits per heavy atom. The fourth-order valence-corrected chi connectivity index (χ4v) is 2.05. The highest BCUT2D eigenvalue weighted by Crippen LogP contribution is 2.23. The lowest BCUT2D eigenvalue weighted by molar-refractivity contribution is 0.414. The van der Waals surface area contributed by atoms with Crippen LogP contribution in [0.1, 0.15) is 0 Å². The van der Waals surface area contributed by atoms with E-state index in [0.717, 1.165) is 17.0 Å². The van der Waals surface area contributed by atoms with E-state index in [-0.39, 0.29) is 5.82 Å². The molecule has 0 aliphatic heterocycles. The summed E-state index contributed by atoms with van der Waals surface area (Å²) in [4.78, 5) is 0. The summed E-state index contributed by atoms with van der Waals surface area (Å²) in [5, 5.41) is 4.27. The van der Waals surface area contributed by atoms with Gasteiger partial charge in [0.1, 0.15) is 11.6 Å².